The Labute approximate surface area is 115 Å². The first-order valence-electron chi connectivity index (χ1n) is 6.26. The van der Waals surface area contributed by atoms with Crippen molar-refractivity contribution in [1.29, 1.82) is 0 Å². The van der Waals surface area contributed by atoms with Gasteiger partial charge in [-0.2, -0.15) is 0 Å². The summed E-state index contributed by atoms with van der Waals surface area (Å²) in [6.07, 6.45) is 1.77. The SMILES string of the molecule is CCS(=O)CCNc1nccc2ccc(OC)cc12. The van der Waals surface area contributed by atoms with Crippen LogP contribution in [-0.4, -0.2) is 34.4 Å². The number of ether oxygens (including phenoxy) is 1. The van der Waals surface area contributed by atoms with Gasteiger partial charge in [-0.15, -0.1) is 0 Å². The highest BCUT2D eigenvalue weighted by atomic mass is 32.2. The molecule has 0 aliphatic heterocycles. The fourth-order valence-electron chi connectivity index (χ4n) is 1.84. The highest BCUT2D eigenvalue weighted by Crippen LogP contribution is 2.25. The molecule has 0 bridgehead atoms. The molecule has 1 N–H and O–H groups in total. The van der Waals surface area contributed by atoms with Crippen LogP contribution in [0.2, 0.25) is 0 Å². The number of methoxy groups -OCH3 is 1. The monoisotopic (exact) mass is 278 g/mol. The van der Waals surface area contributed by atoms with E-state index in [0.29, 0.717) is 18.1 Å². The number of pyridine rings is 1. The molecule has 2 aromatic rings. The number of benzene rings is 1. The van der Waals surface area contributed by atoms with Gasteiger partial charge in [0.25, 0.3) is 0 Å². The summed E-state index contributed by atoms with van der Waals surface area (Å²) in [5.74, 6) is 2.95. The lowest BCUT2D eigenvalue weighted by Gasteiger charge is -2.09. The van der Waals surface area contributed by atoms with E-state index >= 15 is 0 Å². The van der Waals surface area contributed by atoms with Crippen molar-refractivity contribution in [2.75, 3.05) is 30.5 Å². The van der Waals surface area contributed by atoms with Gasteiger partial charge in [-0.3, -0.25) is 4.21 Å². The number of nitrogens with zero attached hydrogens (tertiary/aromatic N) is 1. The molecule has 102 valence electrons. The zero-order valence-electron chi connectivity index (χ0n) is 11.2. The van der Waals surface area contributed by atoms with Gasteiger partial charge in [0.15, 0.2) is 0 Å². The van der Waals surface area contributed by atoms with E-state index in [-0.39, 0.29) is 0 Å². The minimum absolute atomic E-state index is 0.637. The number of nitrogens with one attached hydrogen (secondary N) is 1. The number of hydrogen-bond donors (Lipinski definition) is 1. The summed E-state index contributed by atoms with van der Waals surface area (Å²) in [5.41, 5.74) is 0. The predicted octanol–water partition coefficient (Wildman–Crippen LogP) is 2.42. The fraction of sp³-hybridized carbons (Fsp3) is 0.357. The van der Waals surface area contributed by atoms with Crippen molar-refractivity contribution in [3.05, 3.63) is 30.5 Å². The Morgan fingerprint density at radius 2 is 2.21 bits per heavy atom. The van der Waals surface area contributed by atoms with E-state index in [1.807, 2.05) is 31.2 Å². The topological polar surface area (TPSA) is 51.2 Å². The lowest BCUT2D eigenvalue weighted by Crippen LogP contribution is -2.12. The van der Waals surface area contributed by atoms with Crippen molar-refractivity contribution in [2.24, 2.45) is 0 Å². The van der Waals surface area contributed by atoms with Gasteiger partial charge < -0.3 is 10.1 Å². The van der Waals surface area contributed by atoms with Gasteiger partial charge in [-0.05, 0) is 23.6 Å². The fourth-order valence-corrected chi connectivity index (χ4v) is 2.46. The van der Waals surface area contributed by atoms with Crippen LogP contribution in [0.15, 0.2) is 30.5 Å². The number of anilines is 1. The molecule has 0 aliphatic rings. The minimum atomic E-state index is -0.755. The third-order valence-electron chi connectivity index (χ3n) is 2.92. The van der Waals surface area contributed by atoms with Crippen molar-refractivity contribution in [3.63, 3.8) is 0 Å². The van der Waals surface area contributed by atoms with Crippen molar-refractivity contribution in [2.45, 2.75) is 6.92 Å². The molecule has 0 amide bonds. The Kier molecular flexibility index (Phi) is 4.74. The zero-order chi connectivity index (χ0) is 13.7. The summed E-state index contributed by atoms with van der Waals surface area (Å²) in [5, 5.41) is 5.37. The molecule has 0 saturated heterocycles. The smallest absolute Gasteiger partial charge is 0.133 e. The molecule has 1 atom stereocenters. The Hall–Kier alpha value is -1.62. The first-order chi connectivity index (χ1) is 9.24. The van der Waals surface area contributed by atoms with E-state index in [9.17, 15) is 4.21 Å². The van der Waals surface area contributed by atoms with Gasteiger partial charge in [0.1, 0.15) is 11.6 Å². The van der Waals surface area contributed by atoms with Crippen molar-refractivity contribution in [1.82, 2.24) is 4.98 Å². The molecule has 1 unspecified atom stereocenters. The standard InChI is InChI=1S/C14H18N2O2S/c1-3-19(17)9-8-16-14-13-10-12(18-2)5-4-11(13)6-7-15-14/h4-7,10H,3,8-9H2,1-2H3,(H,15,16). The summed E-state index contributed by atoms with van der Waals surface area (Å²) in [7, 11) is 0.893. The van der Waals surface area contributed by atoms with Crippen LogP contribution in [0.4, 0.5) is 5.82 Å². The Morgan fingerprint density at radius 1 is 1.37 bits per heavy atom. The molecule has 0 radical (unpaired) electrons. The van der Waals surface area contributed by atoms with E-state index in [1.165, 1.54) is 0 Å². The van der Waals surface area contributed by atoms with Gasteiger partial charge in [0.05, 0.1) is 7.11 Å². The predicted molar refractivity (Wildman–Crippen MR) is 80.3 cm³/mol. The molecule has 0 aliphatic carbocycles. The second-order valence-corrected chi connectivity index (χ2v) is 5.97. The van der Waals surface area contributed by atoms with Crippen LogP contribution >= 0.6 is 0 Å². The van der Waals surface area contributed by atoms with Crippen molar-refractivity contribution in [3.8, 4) is 5.75 Å². The number of fused-ring (bicyclic) bond motifs is 1. The average molecular weight is 278 g/mol. The van der Waals surface area contributed by atoms with Gasteiger partial charge in [-0.25, -0.2) is 4.98 Å². The highest BCUT2D eigenvalue weighted by molar-refractivity contribution is 7.84. The average Bonchev–Trinajstić information content (AvgIpc) is 2.46. The molecule has 4 nitrogen and oxygen atoms in total. The number of aromatic nitrogens is 1. The zero-order valence-corrected chi connectivity index (χ0v) is 12.0. The second kappa shape index (κ2) is 6.52. The summed E-state index contributed by atoms with van der Waals surface area (Å²) < 4.78 is 16.6. The van der Waals surface area contributed by atoms with E-state index in [1.54, 1.807) is 13.3 Å². The number of rotatable bonds is 6. The molecular weight excluding hydrogens is 260 g/mol. The maximum absolute atomic E-state index is 11.4. The Bertz CT molecular complexity index is 587. The van der Waals surface area contributed by atoms with Crippen molar-refractivity contribution < 1.29 is 8.95 Å². The van der Waals surface area contributed by atoms with Crippen molar-refractivity contribution >= 4 is 27.4 Å². The van der Waals surface area contributed by atoms with E-state index in [2.05, 4.69) is 10.3 Å². The maximum atomic E-state index is 11.4. The van der Waals surface area contributed by atoms with Crippen LogP contribution < -0.4 is 10.1 Å². The summed E-state index contributed by atoms with van der Waals surface area (Å²) >= 11 is 0. The molecule has 0 fully saturated rings. The van der Waals surface area contributed by atoms with Gasteiger partial charge in [-0.1, -0.05) is 13.0 Å². The lowest BCUT2D eigenvalue weighted by molar-refractivity contribution is 0.415. The molecule has 1 heterocycles. The van der Waals surface area contributed by atoms with Crippen LogP contribution in [0.1, 0.15) is 6.92 Å². The third kappa shape index (κ3) is 3.44. The van der Waals surface area contributed by atoms with E-state index in [0.717, 1.165) is 22.3 Å². The summed E-state index contributed by atoms with van der Waals surface area (Å²) in [6.45, 7) is 2.58. The first kappa shape index (κ1) is 13.8. The van der Waals surface area contributed by atoms with Crippen LogP contribution in [0.25, 0.3) is 10.8 Å². The van der Waals surface area contributed by atoms with Gasteiger partial charge in [0, 0.05) is 40.4 Å². The van der Waals surface area contributed by atoms with Crippen LogP contribution in [0.3, 0.4) is 0 Å². The molecule has 19 heavy (non-hydrogen) atoms. The summed E-state index contributed by atoms with van der Waals surface area (Å²) in [4.78, 5) is 4.34. The van der Waals surface area contributed by atoms with Crippen LogP contribution in [-0.2, 0) is 10.8 Å². The van der Waals surface area contributed by atoms with Crippen LogP contribution in [0, 0.1) is 0 Å². The highest BCUT2D eigenvalue weighted by Gasteiger charge is 2.04. The first-order valence-corrected chi connectivity index (χ1v) is 7.75. The van der Waals surface area contributed by atoms with Gasteiger partial charge >= 0.3 is 0 Å². The maximum Gasteiger partial charge on any atom is 0.133 e. The molecule has 2 rings (SSSR count). The lowest BCUT2D eigenvalue weighted by atomic mass is 10.1. The molecule has 1 aromatic carbocycles. The largest absolute Gasteiger partial charge is 0.497 e. The number of hydrogen-bond acceptors (Lipinski definition) is 4. The molecular formula is C14H18N2O2S. The Balaban J connectivity index is 2.19. The molecule has 1 aromatic heterocycles. The second-order valence-electron chi connectivity index (χ2n) is 4.11. The van der Waals surface area contributed by atoms with Gasteiger partial charge in [0.2, 0.25) is 0 Å². The van der Waals surface area contributed by atoms with E-state index in [4.69, 9.17) is 4.74 Å². The van der Waals surface area contributed by atoms with Crippen LogP contribution in [0.5, 0.6) is 5.75 Å². The quantitative estimate of drug-likeness (QED) is 0.881. The Morgan fingerprint density at radius 3 is 2.95 bits per heavy atom. The molecule has 0 saturated carbocycles. The third-order valence-corrected chi connectivity index (χ3v) is 4.22. The molecule has 5 heteroatoms. The van der Waals surface area contributed by atoms with E-state index < -0.39 is 10.8 Å². The normalized spacial score (nSPS) is 12.3. The summed E-state index contributed by atoms with van der Waals surface area (Å²) in [6, 6.07) is 7.86. The minimum Gasteiger partial charge on any atom is -0.497 e. The molecule has 0 spiro atoms.